The van der Waals surface area contributed by atoms with Crippen LogP contribution in [0.4, 0.5) is 0 Å². The lowest BCUT2D eigenvalue weighted by atomic mass is 10.1. The van der Waals surface area contributed by atoms with Gasteiger partial charge in [-0.05, 0) is 185 Å². The molecule has 149 heavy (non-hydrogen) atoms. The molecule has 2 N–H and O–H groups in total. The number of para-hydroxylation sites is 5. The second kappa shape index (κ2) is 57.5. The number of nitriles is 1. The summed E-state index contributed by atoms with van der Waals surface area (Å²) in [6, 6.07) is 90.4. The molecule has 18 rings (SSSR count). The second-order valence-corrected chi connectivity index (χ2v) is 38.2. The van der Waals surface area contributed by atoms with E-state index in [2.05, 4.69) is 47.8 Å². The number of hydrogen-bond acceptors (Lipinski definition) is 27. The normalized spacial score (nSPS) is 11.6. The molecule has 1 aliphatic heterocycles. The van der Waals surface area contributed by atoms with Crippen molar-refractivity contribution in [2.45, 2.75) is 94.1 Å². The zero-order valence-corrected chi connectivity index (χ0v) is 88.4. The second-order valence-electron chi connectivity index (χ2n) is 31.1. The van der Waals surface area contributed by atoms with E-state index in [-0.39, 0.29) is 84.6 Å². The Morgan fingerprint density at radius 1 is 0.483 bits per heavy atom. The van der Waals surface area contributed by atoms with Crippen LogP contribution in [0.1, 0.15) is 77.0 Å². The largest absolute Gasteiger partial charge is 0.497 e. The van der Waals surface area contributed by atoms with Gasteiger partial charge < -0.3 is 28.8 Å². The number of H-pyrrole nitrogens is 1. The minimum absolute atomic E-state index is 0.0434. The number of aromatic carboxylic acids is 1. The number of ether oxygens (including phenoxy) is 5. The summed E-state index contributed by atoms with van der Waals surface area (Å²) in [6.45, 7) is 8.10. The van der Waals surface area contributed by atoms with Gasteiger partial charge in [-0.3, -0.25) is 43.5 Å². The van der Waals surface area contributed by atoms with Crippen molar-refractivity contribution in [3.63, 3.8) is 0 Å². The topological polar surface area (TPSA) is 389 Å². The van der Waals surface area contributed by atoms with E-state index < -0.39 is 23.1 Å². The Morgan fingerprint density at radius 2 is 0.993 bits per heavy atom. The molecule has 8 heterocycles. The average Bonchev–Trinajstić information content (AvgIpc) is 0.775. The molecular weight excluding hydrogens is 2100 g/mol. The molecule has 0 aliphatic carbocycles. The molecule has 7 aromatic heterocycles. The van der Waals surface area contributed by atoms with Crippen molar-refractivity contribution >= 4 is 129 Å². The maximum absolute atomic E-state index is 13.4. The van der Waals surface area contributed by atoms with Crippen LogP contribution in [-0.2, 0) is 31.5 Å². The molecule has 1 aliphatic rings. The fourth-order valence-corrected chi connectivity index (χ4v) is 19.7. The number of carbonyl (C=O) groups excluding carboxylic acids is 1. The highest BCUT2D eigenvalue weighted by Crippen LogP contribution is 2.38. The highest BCUT2D eigenvalue weighted by Gasteiger charge is 2.25. The number of methoxy groups -OCH3 is 1. The van der Waals surface area contributed by atoms with E-state index in [1.165, 1.54) is 91.8 Å². The summed E-state index contributed by atoms with van der Waals surface area (Å²) < 4.78 is 34.8. The fourth-order valence-electron chi connectivity index (χ4n) is 13.6. The maximum Gasteiger partial charge on any atom is 0.356 e. The lowest BCUT2D eigenvalue weighted by Crippen LogP contribution is -2.28. The number of nitrogens with one attached hydrogen (secondary N) is 1. The Balaban J connectivity index is 0.000000156. The smallest absolute Gasteiger partial charge is 0.356 e. The number of halogens is 5. The van der Waals surface area contributed by atoms with Crippen molar-refractivity contribution in [1.29, 1.82) is 5.26 Å². The summed E-state index contributed by atoms with van der Waals surface area (Å²) in [4.78, 5) is 123. The van der Waals surface area contributed by atoms with Gasteiger partial charge in [-0.2, -0.15) is 58.8 Å². The lowest BCUT2D eigenvalue weighted by molar-refractivity contribution is -0.145. The van der Waals surface area contributed by atoms with E-state index in [0.29, 0.717) is 65.9 Å². The standard InChI is InChI=1S/C22H20Cl2N2O2S2.C18H15ClN2OS.C18H16N2OS2.C14H13ClN2O4.C14H11N3O4.C12H12N2O2.C10H7ClN2O2/c23-16-10-9-15(18(24)12-16)14-29-21-19(30-20-8-4-5-11-28-20)13-25-26(22(21)27)17-6-2-1-3-7-17;1-13-7-5-6-10-15(13)21-18(22)17(19)16(11-20-21)23-12-14-8-3-2-4-9-14;1-22-16-12-19-20(15-10-6-3-7-11-15)18(21)17(16)23-13-14-8-4-2-5-9-14;1-2-20-12(18)9-21-11-8-16-17(14(19)13(11)15)10-6-4-3-5-7-10;1-8-11(7-15)13(18)17(16-12(8)14(19)20)9-3-5-10(21-2)6-4-9;1-2-16-11-8-9-12(15)14(13-11)10-6-4-3-5-7-10;11-7-2-1-3-8(6-7)13-10(15)5-4-9(14)12-13/h1-3,6-7,9-10,12-13,20H,4-5,8,11,14H2;2-11H,12H2,1H3;2-12H,13H2,1H3;3-8H,2,9H2,1H3;3-6H,1-2H3,(H,19,20);3-9H,2H2,1H3;1-6H,(H,12,14). The first-order valence-corrected chi connectivity index (χ1v) is 52.4. The molecule has 762 valence electrons. The summed E-state index contributed by atoms with van der Waals surface area (Å²) in [5, 5.41) is 47.3. The third-order valence-corrected chi connectivity index (χ3v) is 28.2. The minimum atomic E-state index is -1.30. The molecule has 0 radical (unpaired) electrons. The van der Waals surface area contributed by atoms with E-state index in [1.807, 2.05) is 202 Å². The first-order valence-electron chi connectivity index (χ1n) is 45.5. The number of carboxylic acid groups (broad SMARTS) is 1. The van der Waals surface area contributed by atoms with Crippen molar-refractivity contribution in [2.24, 2.45) is 0 Å². The van der Waals surface area contributed by atoms with Crippen LogP contribution in [0.25, 0.3) is 39.8 Å². The zero-order chi connectivity index (χ0) is 106. The summed E-state index contributed by atoms with van der Waals surface area (Å²) in [6.07, 6.45) is 11.6. The minimum Gasteiger partial charge on any atom is -0.497 e. The first kappa shape index (κ1) is 113. The monoisotopic (exact) mass is 2190 g/mol. The van der Waals surface area contributed by atoms with Crippen molar-refractivity contribution in [3.05, 3.63) is 469 Å². The Labute approximate surface area is 899 Å². The van der Waals surface area contributed by atoms with Gasteiger partial charge in [0.05, 0.1) is 99.6 Å². The van der Waals surface area contributed by atoms with Gasteiger partial charge in [0, 0.05) is 78.6 Å². The number of benzene rings is 10. The Morgan fingerprint density at radius 3 is 1.54 bits per heavy atom. The highest BCUT2D eigenvalue weighted by molar-refractivity contribution is 8.02. The molecule has 1 unspecified atom stereocenters. The number of carboxylic acids is 1. The predicted molar refractivity (Wildman–Crippen MR) is 587 cm³/mol. The molecule has 1 atom stereocenters. The number of thioether (sulfide) groups is 5. The van der Waals surface area contributed by atoms with E-state index in [4.69, 9.17) is 92.1 Å². The third-order valence-electron chi connectivity index (χ3n) is 21.0. The Bertz CT molecular complexity index is 8000. The number of hydrogen-bond donors (Lipinski definition) is 2. The molecule has 0 bridgehead atoms. The van der Waals surface area contributed by atoms with Gasteiger partial charge in [0.15, 0.2) is 23.1 Å². The average molecular weight is 2200 g/mol. The third kappa shape index (κ3) is 32.1. The first-order chi connectivity index (χ1) is 72.2. The van der Waals surface area contributed by atoms with Crippen molar-refractivity contribution in [1.82, 2.24) is 68.5 Å². The molecule has 17 aromatic rings. The summed E-state index contributed by atoms with van der Waals surface area (Å²) in [5.74, 6) is 1.31. The molecule has 0 amide bonds. The predicted octanol–water partition coefficient (Wildman–Crippen LogP) is 20.9. The van der Waals surface area contributed by atoms with Gasteiger partial charge in [-0.15, -0.1) is 52.1 Å². The van der Waals surface area contributed by atoms with Gasteiger partial charge in [-0.25, -0.2) is 14.3 Å². The SMILES string of the molecule is CCOC(=O)COc1cnn(-c2ccccc2)c(=O)c1Cl.CCOc1ccc(=O)n(-c2ccccc2)n1.COc1ccc(-n2nc(C(=O)O)c(C)c(C#N)c2=O)cc1.CSc1cnn(-c2ccccc2)c(=O)c1SCc1ccccc1.Cc1ccccc1-n1ncc(SCc2ccccc2)c(Cl)c1=O.O=c1c(SCc2ccc(Cl)cc2Cl)c(SC2CCCCO2)cnn1-c1ccccc1.O=c1ccc(=O)n(-c2cccc(Cl)c2)[nH]1. The van der Waals surface area contributed by atoms with Crippen molar-refractivity contribution in [2.75, 3.05) is 39.8 Å². The summed E-state index contributed by atoms with van der Waals surface area (Å²) >= 11 is 38.0. The van der Waals surface area contributed by atoms with Crippen LogP contribution in [0.2, 0.25) is 25.1 Å². The number of aryl methyl sites for hydroxylation is 1. The van der Waals surface area contributed by atoms with Crippen LogP contribution in [0.3, 0.4) is 0 Å². The van der Waals surface area contributed by atoms with Crippen molar-refractivity contribution < 1.29 is 38.4 Å². The van der Waals surface area contributed by atoms with Gasteiger partial charge in [0.1, 0.15) is 27.8 Å². The van der Waals surface area contributed by atoms with Crippen molar-refractivity contribution in [3.8, 4) is 63.3 Å². The fraction of sp³-hybridized carbons (Fsp3) is 0.157. The van der Waals surface area contributed by atoms with Gasteiger partial charge in [0.2, 0.25) is 5.88 Å². The molecule has 0 saturated carbocycles. The van der Waals surface area contributed by atoms with E-state index in [1.54, 1.807) is 152 Å². The lowest BCUT2D eigenvalue weighted by Gasteiger charge is -2.22. The molecule has 31 nitrogen and oxygen atoms in total. The van der Waals surface area contributed by atoms with E-state index in [9.17, 15) is 47.9 Å². The van der Waals surface area contributed by atoms with E-state index >= 15 is 0 Å². The molecule has 0 spiro atoms. The number of carbonyl (C=O) groups is 2. The zero-order valence-electron chi connectivity index (χ0n) is 80.5. The Kier molecular flexibility index (Phi) is 43.5. The van der Waals surface area contributed by atoms with Crippen LogP contribution in [0.5, 0.6) is 17.4 Å². The highest BCUT2D eigenvalue weighted by atomic mass is 35.5. The Hall–Kier alpha value is -14.9. The number of aromatic amines is 1. The number of rotatable bonds is 27. The van der Waals surface area contributed by atoms with Crippen LogP contribution < -0.4 is 58.7 Å². The van der Waals surface area contributed by atoms with Crippen LogP contribution in [-0.4, -0.2) is 131 Å². The molecule has 1 fully saturated rings. The number of nitrogens with zero attached hydrogens (tertiary/aromatic N) is 14. The molecule has 10 aromatic carbocycles. The number of esters is 1. The quantitative estimate of drug-likeness (QED) is 0.0357. The van der Waals surface area contributed by atoms with Gasteiger partial charge in [0.25, 0.3) is 44.5 Å². The van der Waals surface area contributed by atoms with Crippen LogP contribution in [0, 0.1) is 25.2 Å². The maximum atomic E-state index is 13.4. The summed E-state index contributed by atoms with van der Waals surface area (Å²) in [5.41, 5.74) is 5.77. The molecule has 41 heteroatoms. The molecule has 1 saturated heterocycles. The number of aromatic nitrogens is 14. The molecular formula is C108H94Cl5N15O16S5. The van der Waals surface area contributed by atoms with Crippen LogP contribution in [0.15, 0.2) is 385 Å². The van der Waals surface area contributed by atoms with Gasteiger partial charge in [-0.1, -0.05) is 234 Å². The van der Waals surface area contributed by atoms with Gasteiger partial charge >= 0.3 is 11.9 Å². The van der Waals surface area contributed by atoms with Crippen LogP contribution >= 0.6 is 117 Å². The summed E-state index contributed by atoms with van der Waals surface area (Å²) in [7, 11) is 1.50. The van der Waals surface area contributed by atoms with E-state index in [0.717, 1.165) is 100.0 Å².